The predicted molar refractivity (Wildman–Crippen MR) is 369 cm³/mol. The summed E-state index contributed by atoms with van der Waals surface area (Å²) in [7, 11) is 0. The van der Waals surface area contributed by atoms with E-state index in [4.69, 9.17) is 0 Å². The molecule has 0 unspecified atom stereocenters. The van der Waals surface area contributed by atoms with Crippen LogP contribution in [-0.4, -0.2) is 13.4 Å². The second-order valence-corrected chi connectivity index (χ2v) is 24.8. The number of rotatable bonds is 11. The van der Waals surface area contributed by atoms with Gasteiger partial charge in [-0.15, -0.1) is 0 Å². The van der Waals surface area contributed by atoms with Crippen molar-refractivity contribution in [1.29, 1.82) is 0 Å². The smallest absolute Gasteiger partial charge is 0.249 e. The van der Waals surface area contributed by atoms with Crippen molar-refractivity contribution in [2.75, 3.05) is 19.6 Å². The Morgan fingerprint density at radius 3 is 0.943 bits per heavy atom. The topological polar surface area (TPSA) is 13.0 Å². The minimum absolute atomic E-state index is 0.104. The van der Waals surface area contributed by atoms with Crippen molar-refractivity contribution in [2.24, 2.45) is 0 Å². The Morgan fingerprint density at radius 2 is 0.586 bits per heavy atom. The largest absolute Gasteiger partial charge is 0.311 e. The van der Waals surface area contributed by atoms with Crippen LogP contribution in [0, 0.1) is 0 Å². The van der Waals surface area contributed by atoms with Gasteiger partial charge >= 0.3 is 0 Å². The highest BCUT2D eigenvalue weighted by Crippen LogP contribution is 2.53. The first-order chi connectivity index (χ1) is 43.2. The van der Waals surface area contributed by atoms with Crippen molar-refractivity contribution in [1.82, 2.24) is 0 Å². The van der Waals surface area contributed by atoms with Crippen molar-refractivity contribution in [2.45, 2.75) is 25.5 Å². The highest BCUT2D eigenvalue weighted by molar-refractivity contribution is 8.01. The number of fused-ring (bicyclic) bond motifs is 8. The molecule has 0 aliphatic carbocycles. The Morgan fingerprint density at radius 1 is 0.276 bits per heavy atom. The Hall–Kier alpha value is -10.1. The number of hydrogen-bond acceptors (Lipinski definition) is 6. The molecule has 0 radical (unpaired) electrons. The van der Waals surface area contributed by atoms with Crippen LogP contribution in [-0.2, 0) is 0 Å². The lowest BCUT2D eigenvalue weighted by atomic mass is 9.31. The quantitative estimate of drug-likeness (QED) is 0.0939. The lowest BCUT2D eigenvalue weighted by molar-refractivity contribution is 0.917. The lowest BCUT2D eigenvalue weighted by Crippen LogP contribution is -2.64. The maximum Gasteiger partial charge on any atom is 0.249 e. The first-order valence-electron chi connectivity index (χ1n) is 29.9. The lowest BCUT2D eigenvalue weighted by Gasteiger charge is -2.44. The van der Waals surface area contributed by atoms with Crippen LogP contribution in [0.3, 0.4) is 0 Å². The van der Waals surface area contributed by atoms with Crippen LogP contribution in [0.5, 0.6) is 0 Å². The van der Waals surface area contributed by atoms with Gasteiger partial charge in [0.05, 0.1) is 0 Å². The number of hydrogen-bond donors (Lipinski definition) is 0. The second-order valence-electron chi connectivity index (χ2n) is 22.7. The Kier molecular flexibility index (Phi) is 12.6. The molecule has 0 fully saturated rings. The van der Waals surface area contributed by atoms with Crippen LogP contribution < -0.4 is 52.4 Å². The van der Waals surface area contributed by atoms with E-state index >= 15 is 0 Å². The van der Waals surface area contributed by atoms with Crippen molar-refractivity contribution >= 4 is 138 Å². The van der Waals surface area contributed by atoms with Crippen LogP contribution in [0.25, 0.3) is 0 Å². The monoisotopic (exact) mass is 1140 g/mol. The molecule has 13 aromatic carbocycles. The molecule has 0 amide bonds. The van der Waals surface area contributed by atoms with E-state index in [1.54, 1.807) is 0 Å². The first-order valence-corrected chi connectivity index (χ1v) is 31.6. The third kappa shape index (κ3) is 8.57. The number of anilines is 12. The predicted octanol–water partition coefficient (Wildman–Crippen LogP) is 17.3. The molecule has 13 aromatic rings. The van der Waals surface area contributed by atoms with Crippen molar-refractivity contribution < 1.29 is 0 Å². The van der Waals surface area contributed by atoms with Crippen LogP contribution in [0.1, 0.15) is 22.6 Å². The summed E-state index contributed by atoms with van der Waals surface area (Å²) >= 11 is 3.94. The van der Waals surface area contributed by atoms with Gasteiger partial charge in [0.2, 0.25) is 13.4 Å². The maximum absolute atomic E-state index is 2.68. The zero-order valence-electron chi connectivity index (χ0n) is 47.4. The van der Waals surface area contributed by atoms with Gasteiger partial charge in [-0.05, 0) is 148 Å². The van der Waals surface area contributed by atoms with Gasteiger partial charge in [0.1, 0.15) is 0 Å². The molecule has 0 aromatic heterocycles. The van der Waals surface area contributed by atoms with Crippen LogP contribution >= 0.6 is 23.5 Å². The highest BCUT2D eigenvalue weighted by Gasteiger charge is 2.48. The fraction of sp³-hybridized carbons (Fsp3) is 0.0127. The first kappa shape index (κ1) is 51.3. The Bertz CT molecular complexity index is 4340. The summed E-state index contributed by atoms with van der Waals surface area (Å²) in [6.45, 7) is -0.208. The molecule has 87 heavy (non-hydrogen) atoms. The summed E-state index contributed by atoms with van der Waals surface area (Å²) in [5.41, 5.74) is 25.4. The molecule has 0 N–H and O–H groups in total. The number of nitrogens with zero attached hydrogens (tertiary/aromatic N) is 4. The molecule has 0 spiro atoms. The normalized spacial score (nSPS) is 13.0. The minimum Gasteiger partial charge on any atom is -0.311 e. The van der Waals surface area contributed by atoms with E-state index in [9.17, 15) is 0 Å². The molecule has 0 atom stereocenters. The average molecular weight is 1150 g/mol. The van der Waals surface area contributed by atoms with Gasteiger partial charge in [-0.1, -0.05) is 247 Å². The fourth-order valence-corrected chi connectivity index (χ4v) is 17.0. The van der Waals surface area contributed by atoms with Gasteiger partial charge in [-0.25, -0.2) is 0 Å². The molecule has 8 heteroatoms. The third-order valence-electron chi connectivity index (χ3n) is 17.8. The highest BCUT2D eigenvalue weighted by atomic mass is 32.2. The summed E-state index contributed by atoms with van der Waals surface area (Å²) in [6.07, 6.45) is 0. The molecule has 17 rings (SSSR count). The summed E-state index contributed by atoms with van der Waals surface area (Å²) < 4.78 is 0. The fourth-order valence-electron chi connectivity index (χ4n) is 14.2. The summed E-state index contributed by atoms with van der Waals surface area (Å²) in [6, 6.07) is 119. The molecule has 4 aliphatic rings. The van der Waals surface area contributed by atoms with E-state index in [2.05, 4.69) is 341 Å². The van der Waals surface area contributed by atoms with E-state index in [0.717, 1.165) is 45.5 Å². The molecular weight excluding hydrogens is 1090 g/mol. The van der Waals surface area contributed by atoms with Gasteiger partial charge in [-0.3, -0.25) is 0 Å². The Balaban J connectivity index is 0.990. The molecule has 408 valence electrons. The van der Waals surface area contributed by atoms with Crippen molar-refractivity contribution in [3.8, 4) is 0 Å². The standard InChI is InChI=1S/C79H54B2N4S2/c1-9-29-54(30-10-1)74(55-31-11-2-12-32-55)75-78-66(80-64-45-25-27-47-68(64)84(60-41-21-7-22-42-60)70-49-62(51-72(86-78)76(70)80)82(56-33-13-3-14-34-56)57-35-15-4-16-36-57)53-67-79(75)87-73-52-63(83(58-37-17-5-18-38-58)59-39-19-6-20-40-59)50-71-77(73)81(67)65-46-26-28-48-69(65)85(71)61-43-23-8-24-44-61/h1-53,74H. The summed E-state index contributed by atoms with van der Waals surface area (Å²) in [5, 5.41) is 0. The van der Waals surface area contributed by atoms with E-state index in [-0.39, 0.29) is 19.3 Å². The molecule has 4 nitrogen and oxygen atoms in total. The SMILES string of the molecule is c1ccc(C(c2ccccc2)c2c3c(cc4c2Sc2cc(N(c5ccccc5)c5ccccc5)cc5c2B4c2ccccc2N5c2ccccc2)B2c4ccccc4N(c4ccccc4)c4cc(N(c5ccccc5)c5ccccc5)cc(c42)S3)cc1. The number of benzene rings is 13. The van der Waals surface area contributed by atoms with E-state index in [1.165, 1.54) is 91.8 Å². The second kappa shape index (κ2) is 21.4. The van der Waals surface area contributed by atoms with Gasteiger partial charge in [0.25, 0.3) is 0 Å². The van der Waals surface area contributed by atoms with Gasteiger partial charge in [0, 0.05) is 93.7 Å². The van der Waals surface area contributed by atoms with Crippen LogP contribution in [0.4, 0.5) is 68.2 Å². The molecular formula is C79H54B2N4S2. The van der Waals surface area contributed by atoms with Crippen LogP contribution in [0.15, 0.2) is 341 Å². The minimum atomic E-state index is -0.126. The molecule has 0 saturated heterocycles. The third-order valence-corrected chi connectivity index (χ3v) is 20.2. The average Bonchev–Trinajstić information content (AvgIpc) is 0.714. The zero-order valence-corrected chi connectivity index (χ0v) is 49.1. The zero-order chi connectivity index (χ0) is 57.4. The van der Waals surface area contributed by atoms with E-state index in [1.807, 2.05) is 23.5 Å². The molecule has 0 saturated carbocycles. The van der Waals surface area contributed by atoms with Gasteiger partial charge in [0.15, 0.2) is 0 Å². The summed E-state index contributed by atoms with van der Waals surface area (Å²) in [4.78, 5) is 15.1. The van der Waals surface area contributed by atoms with Crippen molar-refractivity contribution in [3.63, 3.8) is 0 Å². The molecule has 4 heterocycles. The van der Waals surface area contributed by atoms with Crippen molar-refractivity contribution in [3.05, 3.63) is 338 Å². The summed E-state index contributed by atoms with van der Waals surface area (Å²) in [5.74, 6) is -0.126. The van der Waals surface area contributed by atoms with Crippen LogP contribution in [0.2, 0.25) is 0 Å². The van der Waals surface area contributed by atoms with E-state index in [0.29, 0.717) is 0 Å². The number of para-hydroxylation sites is 8. The molecule has 0 bridgehead atoms. The van der Waals surface area contributed by atoms with Gasteiger partial charge in [-0.2, -0.15) is 0 Å². The maximum atomic E-state index is 2.68. The van der Waals surface area contributed by atoms with E-state index < -0.39 is 0 Å². The van der Waals surface area contributed by atoms with Gasteiger partial charge < -0.3 is 19.6 Å². The molecule has 4 aliphatic heterocycles. The Labute approximate surface area is 517 Å².